The molecule has 0 radical (unpaired) electrons. The Morgan fingerprint density at radius 1 is 0.927 bits per heavy atom. The third-order valence-corrected chi connectivity index (χ3v) is 10.7. The van der Waals surface area contributed by atoms with E-state index in [0.717, 1.165) is 60.4 Å². The summed E-state index contributed by atoms with van der Waals surface area (Å²) in [6.07, 6.45) is -2.57. The number of sulfonamides is 1. The summed E-state index contributed by atoms with van der Waals surface area (Å²) in [5.41, 5.74) is 3.91. The molecule has 4 aromatic rings. The van der Waals surface area contributed by atoms with E-state index in [1.807, 2.05) is 24.4 Å². The van der Waals surface area contributed by atoms with Crippen LogP contribution in [-0.2, 0) is 32.5 Å². The van der Waals surface area contributed by atoms with Gasteiger partial charge in [-0.25, -0.2) is 18.2 Å². The molecule has 20 heteroatoms. The number of fused-ring (bicyclic) bond motifs is 6. The van der Waals surface area contributed by atoms with Crippen molar-refractivity contribution >= 4 is 62.0 Å². The largest absolute Gasteiger partial charge is 0.493 e. The van der Waals surface area contributed by atoms with Gasteiger partial charge in [-0.05, 0) is 73.4 Å². The van der Waals surface area contributed by atoms with Crippen LogP contribution in [-0.4, -0.2) is 71.3 Å². The van der Waals surface area contributed by atoms with Crippen molar-refractivity contribution in [3.63, 3.8) is 0 Å². The smallest absolute Gasteiger partial charge is 0.458 e. The van der Waals surface area contributed by atoms with Crippen molar-refractivity contribution in [2.24, 2.45) is 5.92 Å². The molecule has 2 aromatic carbocycles. The highest BCUT2D eigenvalue weighted by atomic mass is 35.5. The molecule has 55 heavy (non-hydrogen) atoms. The van der Waals surface area contributed by atoms with Crippen molar-refractivity contribution in [2.75, 3.05) is 30.3 Å². The molecule has 1 fully saturated rings. The minimum atomic E-state index is -5.77. The molecule has 0 atom stereocenters. The Balaban J connectivity index is 0.000000418. The minimum absolute atomic E-state index is 0.0834. The van der Waals surface area contributed by atoms with Crippen molar-refractivity contribution in [1.82, 2.24) is 19.3 Å². The normalized spacial score (nSPS) is 14.9. The lowest BCUT2D eigenvalue weighted by Gasteiger charge is -2.31. The lowest BCUT2D eigenvalue weighted by Crippen LogP contribution is -2.39. The third kappa shape index (κ3) is 10.5. The van der Waals surface area contributed by atoms with Gasteiger partial charge in [0.2, 0.25) is 21.7 Å². The van der Waals surface area contributed by atoms with Crippen molar-refractivity contribution in [1.29, 1.82) is 0 Å². The number of nitrogens with zero attached hydrogens (tertiary/aromatic N) is 5. The van der Waals surface area contributed by atoms with E-state index in [4.69, 9.17) is 22.9 Å². The molecule has 290 valence electrons. The fourth-order valence-corrected chi connectivity index (χ4v) is 7.42. The van der Waals surface area contributed by atoms with Crippen molar-refractivity contribution in [3.8, 4) is 5.75 Å². The number of carbonyl (C=O) groups excluding carboxylic acids is 2. The van der Waals surface area contributed by atoms with Crippen LogP contribution in [0, 0.1) is 12.5 Å². The number of carbonyl (C=O) groups is 2. The Kier molecular flexibility index (Phi) is 12.6. The van der Waals surface area contributed by atoms with Crippen LogP contribution < -0.4 is 15.4 Å². The fraction of sp³-hybridized carbons (Fsp3) is 0.314. The average molecular weight is 810 g/mol. The quantitative estimate of drug-likeness (QED) is 0.108. The van der Waals surface area contributed by atoms with Crippen molar-refractivity contribution in [2.45, 2.75) is 49.4 Å². The second-order valence-corrected chi connectivity index (χ2v) is 14.6. The van der Waals surface area contributed by atoms with E-state index in [2.05, 4.69) is 36.5 Å². The van der Waals surface area contributed by atoms with E-state index in [1.165, 1.54) is 10.4 Å². The number of ether oxygens (including phenoxy) is 1. The summed E-state index contributed by atoms with van der Waals surface area (Å²) in [5.74, 6) is -4.74. The molecule has 6 bridgehead atoms. The Hall–Kier alpha value is -5.32. The number of ketones is 2. The number of rotatable bonds is 7. The van der Waals surface area contributed by atoms with Gasteiger partial charge in [0.1, 0.15) is 10.8 Å². The maximum absolute atomic E-state index is 13.2. The first-order valence-electron chi connectivity index (χ1n) is 16.4. The Labute approximate surface area is 315 Å². The molecule has 2 aliphatic rings. The van der Waals surface area contributed by atoms with E-state index in [0.29, 0.717) is 42.4 Å². The second kappa shape index (κ2) is 17.0. The number of Topliss-reactive ketones (excluding diaryl/α,β-unsaturated/α-hetero) is 2. The average Bonchev–Trinajstić information content (AvgIpc) is 3.15. The highest BCUT2D eigenvalue weighted by molar-refractivity contribution is 7.89. The molecule has 6 rings (SSSR count). The molecule has 2 N–H and O–H groups in total. The molecule has 1 saturated heterocycles. The second-order valence-electron chi connectivity index (χ2n) is 12.3. The number of aromatic nitrogens is 3. The molecule has 0 unspecified atom stereocenters. The molecule has 0 amide bonds. The summed E-state index contributed by atoms with van der Waals surface area (Å²) in [6, 6.07) is 14.4. The van der Waals surface area contributed by atoms with Gasteiger partial charge in [0.15, 0.2) is 5.82 Å². The standard InChI is InChI=1S/C31H30ClN7O3S.C4F6O2/c1-33-27-4-2-3-5-29(27)43(40,41)39-13-10-21(11-14-39)12-15-42-28-9-8-24-17-23(28)7-6-22-16-25(19-34-18-22)37-31-35-20-26(32)30(36-24)38-31;5-3(6,7)1(11)2(12)4(8,9)10/h2-5,8-9,16-21H,6-7,10-15H2,(H2,35,36,37,38);. The van der Waals surface area contributed by atoms with Crippen LogP contribution in [0.15, 0.2) is 72.0 Å². The monoisotopic (exact) mass is 809 g/mol. The molecular weight excluding hydrogens is 780 g/mol. The summed E-state index contributed by atoms with van der Waals surface area (Å²) >= 11 is 6.38. The van der Waals surface area contributed by atoms with E-state index in [-0.39, 0.29) is 10.6 Å². The summed E-state index contributed by atoms with van der Waals surface area (Å²) in [5, 5.41) is 6.91. The van der Waals surface area contributed by atoms with Gasteiger partial charge in [-0.3, -0.25) is 14.6 Å². The molecule has 4 heterocycles. The summed E-state index contributed by atoms with van der Waals surface area (Å²) < 4.78 is 101. The molecule has 2 aromatic heterocycles. The molecule has 12 nitrogen and oxygen atoms in total. The first-order chi connectivity index (χ1) is 25.9. The van der Waals surface area contributed by atoms with Crippen molar-refractivity contribution in [3.05, 3.63) is 94.7 Å². The summed E-state index contributed by atoms with van der Waals surface area (Å²) in [4.78, 5) is 35.9. The minimum Gasteiger partial charge on any atom is -0.493 e. The van der Waals surface area contributed by atoms with Gasteiger partial charge >= 0.3 is 23.9 Å². The van der Waals surface area contributed by atoms with E-state index < -0.39 is 33.9 Å². The van der Waals surface area contributed by atoms with Crippen LogP contribution in [0.2, 0.25) is 5.02 Å². The van der Waals surface area contributed by atoms with Crippen molar-refractivity contribution < 1.29 is 49.1 Å². The SMILES string of the molecule is O=C(C(=O)C(F)(F)F)C(F)(F)F.[C-]#[N+]c1ccccc1S(=O)(=O)N1CCC(CCOc2ccc3cc2CCc2cncc(c2)Nc2ncc(Cl)c(n2)N3)CC1. The van der Waals surface area contributed by atoms with Crippen LogP contribution in [0.4, 0.5) is 55.2 Å². The first kappa shape index (κ1) is 40.9. The predicted molar refractivity (Wildman–Crippen MR) is 188 cm³/mol. The zero-order valence-electron chi connectivity index (χ0n) is 28.4. The number of aryl methyl sites for hydroxylation is 2. The van der Waals surface area contributed by atoms with Crippen LogP contribution >= 0.6 is 11.6 Å². The van der Waals surface area contributed by atoms with Gasteiger partial charge < -0.3 is 15.4 Å². The lowest BCUT2D eigenvalue weighted by atomic mass is 9.95. The van der Waals surface area contributed by atoms with Crippen LogP contribution in [0.25, 0.3) is 4.85 Å². The van der Waals surface area contributed by atoms with Gasteiger partial charge in [-0.2, -0.15) is 35.6 Å². The highest BCUT2D eigenvalue weighted by Crippen LogP contribution is 2.33. The predicted octanol–water partition coefficient (Wildman–Crippen LogP) is 7.78. The number of nitrogens with one attached hydrogen (secondary N) is 2. The molecule has 0 aliphatic carbocycles. The number of halogens is 7. The third-order valence-electron chi connectivity index (χ3n) is 8.48. The maximum Gasteiger partial charge on any atom is 0.458 e. The Bertz CT molecular complexity index is 2180. The first-order valence-corrected chi connectivity index (χ1v) is 18.2. The van der Waals surface area contributed by atoms with E-state index >= 15 is 0 Å². The molecule has 2 aliphatic heterocycles. The molecule has 0 spiro atoms. The number of benzene rings is 2. The van der Waals surface area contributed by atoms with E-state index in [1.54, 1.807) is 30.6 Å². The molecule has 0 saturated carbocycles. The van der Waals surface area contributed by atoms with Gasteiger partial charge in [0.05, 0.1) is 36.2 Å². The van der Waals surface area contributed by atoms with Gasteiger partial charge in [0, 0.05) is 25.0 Å². The maximum atomic E-state index is 13.2. The van der Waals surface area contributed by atoms with Gasteiger partial charge in [-0.15, -0.1) is 0 Å². The Morgan fingerprint density at radius 3 is 2.29 bits per heavy atom. The van der Waals surface area contributed by atoms with Gasteiger partial charge in [-0.1, -0.05) is 35.9 Å². The number of para-hydroxylation sites is 1. The number of anilines is 4. The number of hydrogen-bond donors (Lipinski definition) is 2. The number of piperidine rings is 1. The van der Waals surface area contributed by atoms with Crippen LogP contribution in [0.1, 0.15) is 30.4 Å². The topological polar surface area (TPSA) is 148 Å². The lowest BCUT2D eigenvalue weighted by molar-refractivity contribution is -0.193. The summed E-state index contributed by atoms with van der Waals surface area (Å²) in [7, 11) is -3.70. The zero-order chi connectivity index (χ0) is 40.0. The number of hydrogen-bond acceptors (Lipinski definition) is 10. The fourth-order valence-electron chi connectivity index (χ4n) is 5.68. The highest BCUT2D eigenvalue weighted by Gasteiger charge is 2.54. The zero-order valence-corrected chi connectivity index (χ0v) is 30.0. The molecular formula is C35H30ClF6N7O5S. The van der Waals surface area contributed by atoms with Crippen LogP contribution in [0.5, 0.6) is 5.75 Å². The van der Waals surface area contributed by atoms with E-state index in [9.17, 15) is 44.3 Å². The summed E-state index contributed by atoms with van der Waals surface area (Å²) in [6.45, 7) is 8.72. The Morgan fingerprint density at radius 2 is 1.62 bits per heavy atom. The van der Waals surface area contributed by atoms with Gasteiger partial charge in [0.25, 0.3) is 0 Å². The van der Waals surface area contributed by atoms with Crippen LogP contribution in [0.3, 0.4) is 0 Å². The number of alkyl halides is 6. The number of pyridine rings is 1.